The fourth-order valence-electron chi connectivity index (χ4n) is 15.8. The number of amides is 3. The molecule has 36 heteroatoms. The van der Waals surface area contributed by atoms with Gasteiger partial charge >= 0.3 is 0 Å². The van der Waals surface area contributed by atoms with Gasteiger partial charge in [-0.2, -0.15) is 70.4 Å². The van der Waals surface area contributed by atoms with Gasteiger partial charge in [-0.25, -0.2) is 15.0 Å². The number of aromatic amines is 1. The molecule has 712 valence electrons. The number of halogens is 1. The van der Waals surface area contributed by atoms with Gasteiger partial charge in [0.15, 0.2) is 28.0 Å². The summed E-state index contributed by atoms with van der Waals surface area (Å²) in [4.78, 5) is 86.0. The van der Waals surface area contributed by atoms with Gasteiger partial charge in [-0.1, -0.05) is 90.9 Å². The van der Waals surface area contributed by atoms with Crippen LogP contribution in [0.2, 0.25) is 5.28 Å². The number of rotatable bonds is 31. The van der Waals surface area contributed by atoms with Gasteiger partial charge in [0.2, 0.25) is 34.9 Å². The number of benzene rings is 6. The molecule has 5 atom stereocenters. The average Bonchev–Trinajstić information content (AvgIpc) is 1.78. The summed E-state index contributed by atoms with van der Waals surface area (Å²) in [6, 6.07) is 46.5. The summed E-state index contributed by atoms with van der Waals surface area (Å²) in [6.07, 6.45) is 22.7. The number of carbonyl (C=O) groups is 3. The SMILES string of the molecule is C.C.C=CC(=O)Nc1cccc(Oc2nc(Cl)nc3c2ncn3C2CCCCO2)c1.C=CC(=O)Nc1cccc(Oc2nc(Nc3ccc(C[C@H]4CCN(CCC)C4)cc3)nc3c2ncn3C2CCCCO2)c1.C=CC(=O)Nc1cccc(Oc2nc(Nc3ccc(C[C@H]4CCN(CCC)C4)cc3)nc3nc[nH]c23)c1.CCO.COCCN1CC[C@H](Nc2ccc(N)cc2)C1.S.S.S. The summed E-state index contributed by atoms with van der Waals surface area (Å²) < 4.78 is 39.0. The lowest BCUT2D eigenvalue weighted by molar-refractivity contribution is -0.112. The Balaban J connectivity index is 0.000000222. The molecule has 133 heavy (non-hydrogen) atoms. The highest BCUT2D eigenvalue weighted by atomic mass is 35.5. The van der Waals surface area contributed by atoms with Crippen LogP contribution >= 0.6 is 52.1 Å². The lowest BCUT2D eigenvalue weighted by Crippen LogP contribution is -2.28. The monoisotopic (exact) mass is 1890 g/mol. The Morgan fingerprint density at radius 1 is 0.526 bits per heavy atom. The first-order valence-electron chi connectivity index (χ1n) is 43.8. The number of nitrogens with one attached hydrogen (secondary N) is 7. The molecule has 3 amide bonds. The number of fused-ring (bicyclic) bond motifs is 3. The Kier molecular flexibility index (Phi) is 43.6. The number of aromatic nitrogens is 12. The van der Waals surface area contributed by atoms with E-state index in [1.807, 2.05) is 33.4 Å². The largest absolute Gasteiger partial charge is 0.437 e. The molecule has 5 aliphatic heterocycles. The van der Waals surface area contributed by atoms with E-state index in [1.165, 1.54) is 101 Å². The van der Waals surface area contributed by atoms with Crippen molar-refractivity contribution < 1.29 is 47.9 Å². The van der Waals surface area contributed by atoms with Crippen molar-refractivity contribution in [1.82, 2.24) is 73.7 Å². The summed E-state index contributed by atoms with van der Waals surface area (Å²) in [5, 5.41) is 26.0. The number of aliphatic hydroxyl groups is 1. The zero-order valence-corrected chi connectivity index (χ0v) is 78.3. The Bertz CT molecular complexity index is 5650. The summed E-state index contributed by atoms with van der Waals surface area (Å²) in [5.74, 6) is 3.66. The molecule has 0 bridgehead atoms. The first-order chi connectivity index (χ1) is 62.5. The molecular formula is C97H129ClN22O10S3. The molecule has 6 aromatic heterocycles. The van der Waals surface area contributed by atoms with Crippen molar-refractivity contribution >= 4 is 155 Å². The van der Waals surface area contributed by atoms with E-state index in [9.17, 15) is 14.4 Å². The number of hydrogen-bond acceptors (Lipinski definition) is 26. The van der Waals surface area contributed by atoms with E-state index in [0.717, 1.165) is 106 Å². The number of hydrogen-bond donors (Lipinski definition) is 9. The smallest absolute Gasteiger partial charge is 0.252 e. The zero-order chi connectivity index (χ0) is 89.5. The van der Waals surface area contributed by atoms with E-state index in [2.05, 4.69) is 169 Å². The van der Waals surface area contributed by atoms with Crippen LogP contribution < -0.4 is 51.8 Å². The lowest BCUT2D eigenvalue weighted by atomic mass is 9.98. The fraction of sp³-hybridized carbons (Fsp3) is 0.381. The van der Waals surface area contributed by atoms with Gasteiger partial charge in [0.25, 0.3) is 17.6 Å². The number of nitrogens with two attached hydrogens (primary N) is 1. The van der Waals surface area contributed by atoms with Gasteiger partial charge in [0.1, 0.15) is 35.2 Å². The molecule has 5 fully saturated rings. The highest BCUT2D eigenvalue weighted by molar-refractivity contribution is 7.59. The van der Waals surface area contributed by atoms with E-state index in [-0.39, 0.29) is 103 Å². The van der Waals surface area contributed by atoms with Gasteiger partial charge in [0.05, 0.1) is 25.6 Å². The minimum absolute atomic E-state index is 0. The van der Waals surface area contributed by atoms with Crippen LogP contribution in [0.4, 0.5) is 51.7 Å². The van der Waals surface area contributed by atoms with Crippen LogP contribution in [-0.4, -0.2) is 195 Å². The second-order valence-electron chi connectivity index (χ2n) is 31.7. The van der Waals surface area contributed by atoms with Gasteiger partial charge < -0.3 is 85.9 Å². The van der Waals surface area contributed by atoms with Crippen molar-refractivity contribution in [2.24, 2.45) is 11.8 Å². The van der Waals surface area contributed by atoms with Crippen molar-refractivity contribution in [1.29, 1.82) is 0 Å². The van der Waals surface area contributed by atoms with Gasteiger partial charge in [-0.15, -0.1) is 0 Å². The van der Waals surface area contributed by atoms with Crippen LogP contribution in [0.3, 0.4) is 0 Å². The standard InChI is InChI=1S/C33H39N7O3.C28H31N7O2.C19H18ClN5O3.C13H21N3O.C2H6O.2CH4.3H2S/c1-3-16-39-17-15-24(21-39)19-23-11-13-25(14-12-23)36-33-37-31-30(34-22-40(31)29-10-5-6-18-42-29)32(38-33)43-27-9-7-8-26(20-27)35-28(41)4-2;1-3-13-35-14-12-20(17-35)15-19-8-10-21(11-9-19)32-28-33-26-25(29-18-30-26)27(34-28)37-23-7-5-6-22(16-23)31-24(36)4-2;1-2-14(26)22-12-6-5-7-13(10-12)28-18-16-17(23-19(20)24-18)25(11-21-16)15-8-3-4-9-27-15;1-17-9-8-16-7-6-13(10-16)15-12-4-2-11(14)3-5-12;1-2-3;;;;;/h4,7-9,11-14,20,22,24,29H,2-3,5-6,10,15-19,21H2,1H3,(H,35,41)(H,36,37,38);4-11,16,18,20H,2-3,12-15,17H2,1H3,(H,31,36)(H2,29,30,32,33,34);2,5-7,10-11,15H,1,3-4,8-9H2,(H,22,26);2-5,13,15H,6-10,14H2,1H3;3H,2H2,1H3;2*1H4;3*1H2/t24-,29?;20-;;13-;;;;;;/m11.0....../s1. The van der Waals surface area contributed by atoms with E-state index < -0.39 is 0 Å². The molecule has 10 N–H and O–H groups in total. The molecular weight excluding hydrogens is 1760 g/mol. The number of imidazole rings is 3. The number of H-pyrrole nitrogens is 1. The third-order valence-electron chi connectivity index (χ3n) is 21.9. The molecule has 0 radical (unpaired) electrons. The summed E-state index contributed by atoms with van der Waals surface area (Å²) in [6.45, 7) is 29.5. The maximum atomic E-state index is 11.8. The predicted octanol–water partition coefficient (Wildman–Crippen LogP) is 18.9. The number of nitrogens with zero attached hydrogens (tertiary/aromatic N) is 14. The van der Waals surface area contributed by atoms with Crippen molar-refractivity contribution in [3.63, 3.8) is 0 Å². The number of aliphatic hydroxyl groups excluding tert-OH is 1. The van der Waals surface area contributed by atoms with Crippen molar-refractivity contribution in [3.05, 3.63) is 219 Å². The van der Waals surface area contributed by atoms with Crippen LogP contribution in [-0.2, 0) is 41.4 Å². The Hall–Kier alpha value is -11.7. The second kappa shape index (κ2) is 54.4. The van der Waals surface area contributed by atoms with Crippen LogP contribution in [0.1, 0.15) is 130 Å². The lowest BCUT2D eigenvalue weighted by Gasteiger charge is -2.23. The summed E-state index contributed by atoms with van der Waals surface area (Å²) in [5.41, 5.74) is 17.1. The van der Waals surface area contributed by atoms with Crippen LogP contribution in [0, 0.1) is 11.8 Å². The maximum absolute atomic E-state index is 11.8. The first kappa shape index (κ1) is 107. The molecule has 32 nitrogen and oxygen atoms in total. The van der Waals surface area contributed by atoms with E-state index in [0.29, 0.717) is 117 Å². The third-order valence-corrected chi connectivity index (χ3v) is 22.1. The Morgan fingerprint density at radius 3 is 1.42 bits per heavy atom. The minimum atomic E-state index is -0.309. The molecule has 0 saturated carbocycles. The Labute approximate surface area is 804 Å². The summed E-state index contributed by atoms with van der Waals surface area (Å²) >= 11 is 6.12. The second-order valence-corrected chi connectivity index (χ2v) is 32.0. The van der Waals surface area contributed by atoms with E-state index >= 15 is 0 Å². The van der Waals surface area contributed by atoms with Crippen molar-refractivity contribution in [3.8, 4) is 34.9 Å². The molecule has 6 aromatic carbocycles. The average molecular weight is 1890 g/mol. The highest BCUT2D eigenvalue weighted by Gasteiger charge is 2.28. The first-order valence-corrected chi connectivity index (χ1v) is 44.2. The van der Waals surface area contributed by atoms with Crippen molar-refractivity contribution in [2.45, 2.75) is 138 Å². The summed E-state index contributed by atoms with van der Waals surface area (Å²) in [7, 11) is 1.75. The highest BCUT2D eigenvalue weighted by Crippen LogP contribution is 2.38. The molecule has 11 heterocycles. The van der Waals surface area contributed by atoms with E-state index in [4.69, 9.17) is 60.8 Å². The zero-order valence-electron chi connectivity index (χ0n) is 74.6. The van der Waals surface area contributed by atoms with Crippen LogP contribution in [0.25, 0.3) is 33.5 Å². The molecule has 12 aromatic rings. The van der Waals surface area contributed by atoms with Gasteiger partial charge in [-0.05, 0) is 254 Å². The molecule has 5 aliphatic rings. The molecule has 17 rings (SSSR count). The third kappa shape index (κ3) is 31.4. The fourth-order valence-corrected chi connectivity index (χ4v) is 15.9. The number of likely N-dealkylation sites (tertiary alicyclic amines) is 3. The normalized spacial score (nSPS) is 16.7. The number of nitrogen functional groups attached to an aromatic ring is 1. The quantitative estimate of drug-likeness (QED) is 0.0111. The predicted molar refractivity (Wildman–Crippen MR) is 546 cm³/mol. The number of anilines is 9. The number of ether oxygens (including phenoxy) is 6. The van der Waals surface area contributed by atoms with Crippen LogP contribution in [0.5, 0.6) is 34.9 Å². The molecule has 0 spiro atoms. The minimum Gasteiger partial charge on any atom is -0.437 e. The Morgan fingerprint density at radius 2 is 0.962 bits per heavy atom. The van der Waals surface area contributed by atoms with Gasteiger partial charge in [-0.3, -0.25) is 28.4 Å². The number of carbonyl (C=O) groups excluding carboxylic acids is 3. The number of methoxy groups -OCH3 is 1. The van der Waals surface area contributed by atoms with Gasteiger partial charge in [0, 0.05) is 124 Å². The van der Waals surface area contributed by atoms with Crippen molar-refractivity contribution in [2.75, 3.05) is 130 Å². The van der Waals surface area contributed by atoms with E-state index in [1.54, 1.807) is 106 Å². The van der Waals surface area contributed by atoms with Crippen LogP contribution in [0.15, 0.2) is 203 Å². The molecule has 5 saturated heterocycles. The topological polar surface area (TPSA) is 376 Å². The molecule has 2 unspecified atom stereocenters. The maximum Gasteiger partial charge on any atom is 0.252 e. The molecule has 0 aliphatic carbocycles.